The fourth-order valence-corrected chi connectivity index (χ4v) is 2.52. The van der Waals surface area contributed by atoms with Crippen LogP contribution in [0.5, 0.6) is 0 Å². The topological polar surface area (TPSA) is 185 Å². The van der Waals surface area contributed by atoms with Gasteiger partial charge in [0, 0.05) is 23.1 Å². The van der Waals surface area contributed by atoms with Crippen LogP contribution < -0.4 is 80.2 Å². The second-order valence-electron chi connectivity index (χ2n) is 4.86. The quantitative estimate of drug-likeness (QED) is 0.170. The second kappa shape index (κ2) is 10.4. The third-order valence-electron chi connectivity index (χ3n) is 3.26. The van der Waals surface area contributed by atoms with Gasteiger partial charge in [-0.1, -0.05) is 5.11 Å². The molecule has 0 spiro atoms. The van der Waals surface area contributed by atoms with Gasteiger partial charge in [0.2, 0.25) is 0 Å². The van der Waals surface area contributed by atoms with E-state index in [1.54, 1.807) is 0 Å². The van der Waals surface area contributed by atoms with Crippen molar-refractivity contribution >= 4 is 7.82 Å². The van der Waals surface area contributed by atoms with Crippen LogP contribution in [0.2, 0.25) is 0 Å². The zero-order valence-electron chi connectivity index (χ0n) is 13.8. The Morgan fingerprint density at radius 3 is 2.72 bits per heavy atom. The maximum Gasteiger partial charge on any atom is 1.00 e. The van der Waals surface area contributed by atoms with Crippen molar-refractivity contribution in [2.24, 2.45) is 5.11 Å². The van der Waals surface area contributed by atoms with Crippen LogP contribution in [0.25, 0.3) is 10.4 Å². The van der Waals surface area contributed by atoms with E-state index in [2.05, 4.69) is 19.5 Å². The number of nitrogens with zero attached hydrogens (tertiary/aromatic N) is 4. The van der Waals surface area contributed by atoms with Crippen molar-refractivity contribution in [1.29, 1.82) is 0 Å². The number of H-pyrrole nitrogens is 1. The SMILES string of the molecule is Cc1cn([C@H]2C[C@H](N=[N+]=[N-])[C@@H](COP(=O)([O-])[O-])O2)c(=O)[nH]c1=O.[Na+].[Na+]. The first kappa shape index (κ1) is 25.1. The second-order valence-corrected chi connectivity index (χ2v) is 6.01. The predicted octanol–water partition coefficient (Wildman–Crippen LogP) is -7.34. The van der Waals surface area contributed by atoms with Crippen molar-refractivity contribution in [1.82, 2.24) is 9.55 Å². The van der Waals surface area contributed by atoms with Crippen LogP contribution in [0.15, 0.2) is 20.9 Å². The molecule has 12 nitrogen and oxygen atoms in total. The van der Waals surface area contributed by atoms with Gasteiger partial charge in [0.05, 0.1) is 26.6 Å². The number of azide groups is 1. The van der Waals surface area contributed by atoms with Gasteiger partial charge in [0.25, 0.3) is 5.56 Å². The van der Waals surface area contributed by atoms with Gasteiger partial charge in [-0.15, -0.1) is 0 Å². The first-order chi connectivity index (χ1) is 10.7. The first-order valence-electron chi connectivity index (χ1n) is 6.39. The largest absolute Gasteiger partial charge is 1.00 e. The van der Waals surface area contributed by atoms with Crippen molar-refractivity contribution in [3.05, 3.63) is 43.0 Å². The van der Waals surface area contributed by atoms with Crippen LogP contribution in [-0.4, -0.2) is 28.3 Å². The Bertz CT molecular complexity index is 802. The summed E-state index contributed by atoms with van der Waals surface area (Å²) in [6, 6.07) is -0.837. The van der Waals surface area contributed by atoms with Crippen LogP contribution in [0.3, 0.4) is 0 Å². The summed E-state index contributed by atoms with van der Waals surface area (Å²) >= 11 is 0. The Hall–Kier alpha value is 0.0600. The van der Waals surface area contributed by atoms with Crippen LogP contribution in [0, 0.1) is 6.92 Å². The first-order valence-corrected chi connectivity index (χ1v) is 7.85. The summed E-state index contributed by atoms with van der Waals surface area (Å²) in [6.07, 6.45) is -0.606. The molecule has 126 valence electrons. The van der Waals surface area contributed by atoms with E-state index >= 15 is 0 Å². The summed E-state index contributed by atoms with van der Waals surface area (Å²) in [5.74, 6) is 0. The monoisotopic (exact) mass is 391 g/mol. The molecule has 0 saturated carbocycles. The van der Waals surface area contributed by atoms with Crippen LogP contribution in [0.4, 0.5) is 0 Å². The molecule has 1 aliphatic heterocycles. The van der Waals surface area contributed by atoms with Crippen molar-refractivity contribution in [3.63, 3.8) is 0 Å². The van der Waals surface area contributed by atoms with Crippen LogP contribution >= 0.6 is 7.82 Å². The molecule has 1 aliphatic rings. The molecule has 25 heavy (non-hydrogen) atoms. The maximum absolute atomic E-state index is 11.8. The van der Waals surface area contributed by atoms with Crippen molar-refractivity contribution < 1.29 is 82.7 Å². The number of aromatic amines is 1. The molecule has 0 aliphatic carbocycles. The predicted molar refractivity (Wildman–Crippen MR) is 71.1 cm³/mol. The summed E-state index contributed by atoms with van der Waals surface area (Å²) in [4.78, 5) is 49.0. The number of nitrogens with one attached hydrogen (secondary N) is 1. The molecule has 0 amide bonds. The number of aryl methyl sites for hydroxylation is 1. The minimum Gasteiger partial charge on any atom is -0.790 e. The van der Waals surface area contributed by atoms with Crippen LogP contribution in [0.1, 0.15) is 18.2 Å². The number of aromatic nitrogens is 2. The van der Waals surface area contributed by atoms with Crippen LogP contribution in [-0.2, 0) is 13.8 Å². The van der Waals surface area contributed by atoms with E-state index in [1.807, 2.05) is 0 Å². The van der Waals surface area contributed by atoms with E-state index < -0.39 is 44.1 Å². The molecular weight excluding hydrogens is 379 g/mol. The minimum absolute atomic E-state index is 0. The van der Waals surface area contributed by atoms with E-state index in [1.165, 1.54) is 13.1 Å². The normalized spacial score (nSPS) is 22.4. The summed E-state index contributed by atoms with van der Waals surface area (Å²) in [6.45, 7) is 0.849. The molecule has 3 atom stereocenters. The van der Waals surface area contributed by atoms with E-state index in [9.17, 15) is 23.9 Å². The summed E-state index contributed by atoms with van der Waals surface area (Å²) in [7, 11) is -5.21. The molecule has 1 fully saturated rings. The Morgan fingerprint density at radius 2 is 2.16 bits per heavy atom. The van der Waals surface area contributed by atoms with E-state index in [0.29, 0.717) is 0 Å². The van der Waals surface area contributed by atoms with Gasteiger partial charge in [-0.3, -0.25) is 14.3 Å². The molecule has 0 radical (unpaired) electrons. The standard InChI is InChI=1S/C10H14N5O7P.2Na/c1-5-3-15(10(17)12-9(5)16)8-2-6(13-14-11)7(22-8)4-21-23(18,19)20;;/h3,6-8H,2,4H2,1H3,(H,12,16,17)(H2,18,19,20);;/q;2*+1/p-2/t6-,7+,8+;;/m0../s1. The van der Waals surface area contributed by atoms with E-state index in [4.69, 9.17) is 10.3 Å². The summed E-state index contributed by atoms with van der Waals surface area (Å²) in [5.41, 5.74) is 7.51. The number of rotatable bonds is 5. The fraction of sp³-hybridized carbons (Fsp3) is 0.600. The smallest absolute Gasteiger partial charge is 0.790 e. The average Bonchev–Trinajstić information content (AvgIpc) is 2.83. The Labute approximate surface area is 185 Å². The Balaban J connectivity index is 0.00000288. The van der Waals surface area contributed by atoms with Gasteiger partial charge in [-0.25, -0.2) is 4.79 Å². The molecule has 15 heteroatoms. The van der Waals surface area contributed by atoms with Gasteiger partial charge in [0.1, 0.15) is 6.23 Å². The van der Waals surface area contributed by atoms with Gasteiger partial charge < -0.3 is 23.6 Å². The number of hydrogen-bond acceptors (Lipinski definition) is 8. The fourth-order valence-electron chi connectivity index (χ4n) is 2.19. The van der Waals surface area contributed by atoms with Crippen molar-refractivity contribution in [3.8, 4) is 0 Å². The Kier molecular flexibility index (Phi) is 10.4. The van der Waals surface area contributed by atoms with E-state index in [-0.39, 0.29) is 71.1 Å². The number of phosphoric acid groups is 1. The molecule has 2 rings (SSSR count). The minimum atomic E-state index is -5.21. The molecule has 1 aromatic heterocycles. The zero-order valence-corrected chi connectivity index (χ0v) is 18.7. The third-order valence-corrected chi connectivity index (χ3v) is 3.72. The van der Waals surface area contributed by atoms with Gasteiger partial charge in [0.15, 0.2) is 0 Å². The third kappa shape index (κ3) is 6.94. The average molecular weight is 391 g/mol. The van der Waals surface area contributed by atoms with Gasteiger partial charge in [-0.05, 0) is 12.5 Å². The molecule has 1 saturated heterocycles. The molecule has 0 bridgehead atoms. The number of ether oxygens (including phenoxy) is 1. The summed E-state index contributed by atoms with van der Waals surface area (Å²) in [5, 5.41) is 3.45. The van der Waals surface area contributed by atoms with Gasteiger partial charge in [-0.2, -0.15) is 0 Å². The van der Waals surface area contributed by atoms with E-state index in [0.717, 1.165) is 4.57 Å². The van der Waals surface area contributed by atoms with Crippen molar-refractivity contribution in [2.75, 3.05) is 6.61 Å². The number of hydrogen-bond donors (Lipinski definition) is 1. The molecule has 1 aromatic rings. The number of phosphoric ester groups is 1. The Morgan fingerprint density at radius 1 is 1.52 bits per heavy atom. The van der Waals surface area contributed by atoms with Crippen molar-refractivity contribution in [2.45, 2.75) is 31.7 Å². The zero-order chi connectivity index (χ0) is 17.2. The summed E-state index contributed by atoms with van der Waals surface area (Å²) < 4.78 is 21.2. The molecule has 0 aromatic carbocycles. The van der Waals surface area contributed by atoms with Gasteiger partial charge >= 0.3 is 64.8 Å². The molecule has 1 N–H and O–H groups in total. The maximum atomic E-state index is 11.8. The molecular formula is C10H12N5Na2O7P. The molecule has 2 heterocycles. The molecule has 0 unspecified atom stereocenters.